The third kappa shape index (κ3) is 2.57. The van der Waals surface area contributed by atoms with Crippen LogP contribution < -0.4 is 5.32 Å². The zero-order valence-electron chi connectivity index (χ0n) is 11.0. The number of aliphatic hydroxyl groups is 1. The van der Waals surface area contributed by atoms with Gasteiger partial charge >= 0.3 is 6.09 Å². The predicted octanol–water partition coefficient (Wildman–Crippen LogP) is 2.06. The zero-order chi connectivity index (χ0) is 12.7. The first-order chi connectivity index (χ1) is 7.78. The maximum Gasteiger partial charge on any atom is 0.407 e. The average Bonchev–Trinajstić information content (AvgIpc) is 2.03. The fourth-order valence-corrected chi connectivity index (χ4v) is 3.49. The molecule has 0 saturated heterocycles. The lowest BCUT2D eigenvalue weighted by Crippen LogP contribution is -2.65. The van der Waals surface area contributed by atoms with Gasteiger partial charge in [0.05, 0.1) is 0 Å². The molecule has 2 N–H and O–H groups in total. The van der Waals surface area contributed by atoms with Crippen molar-refractivity contribution in [2.45, 2.75) is 52.1 Å². The minimum Gasteiger partial charge on any atom is -0.444 e. The lowest BCUT2D eigenvalue weighted by molar-refractivity contribution is -0.207. The molecule has 0 spiro atoms. The number of rotatable bonds is 4. The number of hydrogen-bond acceptors (Lipinski definition) is 3. The van der Waals surface area contributed by atoms with Crippen molar-refractivity contribution in [1.29, 1.82) is 0 Å². The van der Waals surface area contributed by atoms with Crippen LogP contribution in [0.2, 0.25) is 0 Å². The molecule has 3 saturated carbocycles. The summed E-state index contributed by atoms with van der Waals surface area (Å²) in [5.74, 6) is 0. The van der Waals surface area contributed by atoms with E-state index in [2.05, 4.69) is 5.32 Å². The van der Waals surface area contributed by atoms with Gasteiger partial charge in [0.2, 0.25) is 0 Å². The second-order valence-corrected chi connectivity index (χ2v) is 6.86. The van der Waals surface area contributed by atoms with Crippen molar-refractivity contribution in [2.75, 3.05) is 13.2 Å². The molecule has 0 aliphatic heterocycles. The summed E-state index contributed by atoms with van der Waals surface area (Å²) >= 11 is 0. The summed E-state index contributed by atoms with van der Waals surface area (Å²) in [4.78, 5) is 11.5. The van der Waals surface area contributed by atoms with Crippen molar-refractivity contribution >= 4 is 6.09 Å². The van der Waals surface area contributed by atoms with E-state index in [9.17, 15) is 4.79 Å². The Kier molecular flexibility index (Phi) is 2.89. The van der Waals surface area contributed by atoms with Gasteiger partial charge < -0.3 is 15.2 Å². The van der Waals surface area contributed by atoms with Gasteiger partial charge in [0.1, 0.15) is 5.60 Å². The van der Waals surface area contributed by atoms with Crippen molar-refractivity contribution in [3.63, 3.8) is 0 Å². The summed E-state index contributed by atoms with van der Waals surface area (Å²) in [5.41, 5.74) is 0.290. The molecule has 4 nitrogen and oxygen atoms in total. The van der Waals surface area contributed by atoms with Crippen LogP contribution in [0.15, 0.2) is 0 Å². The van der Waals surface area contributed by atoms with E-state index in [0.717, 1.165) is 32.2 Å². The van der Waals surface area contributed by atoms with E-state index in [1.807, 2.05) is 20.8 Å². The number of ether oxygens (including phenoxy) is 1. The minimum atomic E-state index is -0.429. The molecule has 0 aromatic heterocycles. The fourth-order valence-electron chi connectivity index (χ4n) is 3.49. The Balaban J connectivity index is 1.67. The van der Waals surface area contributed by atoms with Crippen molar-refractivity contribution in [2.24, 2.45) is 10.8 Å². The van der Waals surface area contributed by atoms with Gasteiger partial charge in [-0.05, 0) is 57.3 Å². The quantitative estimate of drug-likeness (QED) is 0.792. The topological polar surface area (TPSA) is 58.6 Å². The molecule has 3 rings (SSSR count). The molecule has 0 aromatic rings. The number of amides is 1. The van der Waals surface area contributed by atoms with Crippen LogP contribution in [0.25, 0.3) is 0 Å². The molecule has 3 aliphatic rings. The van der Waals surface area contributed by atoms with Crippen molar-refractivity contribution in [1.82, 2.24) is 5.32 Å². The van der Waals surface area contributed by atoms with E-state index in [1.165, 1.54) is 0 Å². The van der Waals surface area contributed by atoms with E-state index in [0.29, 0.717) is 10.8 Å². The Morgan fingerprint density at radius 2 is 1.88 bits per heavy atom. The number of nitrogens with one attached hydrogen (secondary N) is 1. The standard InChI is InChI=1S/C13H23NO3/c1-11(2,3)17-10(16)14-9-13-6-12(7-13,8-13)4-5-15/h15H,4-9H2,1-3H3,(H,14,16). The third-order valence-electron chi connectivity index (χ3n) is 3.90. The van der Waals surface area contributed by atoms with Crippen LogP contribution in [-0.4, -0.2) is 30.0 Å². The maximum atomic E-state index is 11.5. The molecule has 0 heterocycles. The Hall–Kier alpha value is -0.770. The normalized spacial score (nSPS) is 34.6. The summed E-state index contributed by atoms with van der Waals surface area (Å²) in [6.45, 7) is 6.60. The van der Waals surface area contributed by atoms with E-state index >= 15 is 0 Å². The highest BCUT2D eigenvalue weighted by Gasteiger charge is 2.66. The Morgan fingerprint density at radius 1 is 1.29 bits per heavy atom. The molecular weight excluding hydrogens is 218 g/mol. The summed E-state index contributed by atoms with van der Waals surface area (Å²) in [6, 6.07) is 0. The number of carbonyl (C=O) groups excluding carboxylic acids is 1. The highest BCUT2D eigenvalue weighted by Crippen LogP contribution is 2.74. The Bertz CT molecular complexity index is 299. The van der Waals surface area contributed by atoms with Gasteiger partial charge in [0.15, 0.2) is 0 Å². The SMILES string of the molecule is CC(C)(C)OC(=O)NCC12CC(CCO)(C1)C2. The summed E-state index contributed by atoms with van der Waals surface area (Å²) < 4.78 is 5.20. The number of alkyl carbamates (subject to hydrolysis) is 1. The van der Waals surface area contributed by atoms with Crippen molar-refractivity contribution in [3.8, 4) is 0 Å². The van der Waals surface area contributed by atoms with Gasteiger partial charge in [0, 0.05) is 13.2 Å². The Labute approximate surface area is 103 Å². The van der Waals surface area contributed by atoms with Gasteiger partial charge in [-0.15, -0.1) is 0 Å². The highest BCUT2D eigenvalue weighted by atomic mass is 16.6. The minimum absolute atomic E-state index is 0.287. The molecule has 3 aliphatic carbocycles. The molecule has 0 radical (unpaired) electrons. The first kappa shape index (κ1) is 12.7. The van der Waals surface area contributed by atoms with Crippen LogP contribution in [0.3, 0.4) is 0 Å². The van der Waals surface area contributed by atoms with Gasteiger partial charge in [-0.1, -0.05) is 0 Å². The molecule has 17 heavy (non-hydrogen) atoms. The van der Waals surface area contributed by atoms with Crippen LogP contribution >= 0.6 is 0 Å². The first-order valence-corrected chi connectivity index (χ1v) is 6.36. The molecule has 0 aromatic carbocycles. The van der Waals surface area contributed by atoms with Gasteiger partial charge in [0.25, 0.3) is 0 Å². The van der Waals surface area contributed by atoms with E-state index < -0.39 is 5.60 Å². The van der Waals surface area contributed by atoms with Crippen molar-refractivity contribution in [3.05, 3.63) is 0 Å². The van der Waals surface area contributed by atoms with Gasteiger partial charge in [-0.25, -0.2) is 4.79 Å². The molecular formula is C13H23NO3. The second kappa shape index (κ2) is 3.87. The number of hydrogen-bond donors (Lipinski definition) is 2. The third-order valence-corrected chi connectivity index (χ3v) is 3.90. The predicted molar refractivity (Wildman–Crippen MR) is 64.7 cm³/mol. The maximum absolute atomic E-state index is 11.5. The first-order valence-electron chi connectivity index (χ1n) is 6.36. The van der Waals surface area contributed by atoms with Crippen LogP contribution in [0, 0.1) is 10.8 Å². The monoisotopic (exact) mass is 241 g/mol. The molecule has 3 fully saturated rings. The molecule has 0 unspecified atom stereocenters. The zero-order valence-corrected chi connectivity index (χ0v) is 11.0. The van der Waals surface area contributed by atoms with Crippen molar-refractivity contribution < 1.29 is 14.6 Å². The molecule has 2 bridgehead atoms. The molecule has 0 atom stereocenters. The van der Waals surface area contributed by atoms with Crippen LogP contribution in [-0.2, 0) is 4.74 Å². The number of aliphatic hydroxyl groups excluding tert-OH is 1. The van der Waals surface area contributed by atoms with Crippen LogP contribution in [0.5, 0.6) is 0 Å². The lowest BCUT2D eigenvalue weighted by Gasteiger charge is -2.71. The van der Waals surface area contributed by atoms with Gasteiger partial charge in [-0.3, -0.25) is 0 Å². The lowest BCUT2D eigenvalue weighted by atomic mass is 9.34. The van der Waals surface area contributed by atoms with Gasteiger partial charge in [-0.2, -0.15) is 0 Å². The smallest absolute Gasteiger partial charge is 0.407 e. The van der Waals surface area contributed by atoms with E-state index in [1.54, 1.807) is 0 Å². The molecule has 1 amide bonds. The second-order valence-electron chi connectivity index (χ2n) is 6.86. The fraction of sp³-hybridized carbons (Fsp3) is 0.923. The Morgan fingerprint density at radius 3 is 2.35 bits per heavy atom. The van der Waals surface area contributed by atoms with E-state index in [-0.39, 0.29) is 12.7 Å². The average molecular weight is 241 g/mol. The summed E-state index contributed by atoms with van der Waals surface area (Å²) in [5, 5.41) is 11.8. The summed E-state index contributed by atoms with van der Waals surface area (Å²) in [7, 11) is 0. The van der Waals surface area contributed by atoms with E-state index in [4.69, 9.17) is 9.84 Å². The number of carbonyl (C=O) groups is 1. The highest BCUT2D eigenvalue weighted by molar-refractivity contribution is 5.67. The molecule has 98 valence electrons. The molecule has 4 heteroatoms. The van der Waals surface area contributed by atoms with Crippen LogP contribution in [0.4, 0.5) is 4.79 Å². The summed E-state index contributed by atoms with van der Waals surface area (Å²) in [6.07, 6.45) is 4.04. The van der Waals surface area contributed by atoms with Crippen LogP contribution in [0.1, 0.15) is 46.5 Å². The largest absolute Gasteiger partial charge is 0.444 e.